The molecule has 1 aliphatic heterocycles. The quantitative estimate of drug-likeness (QED) is 0.381. The number of aromatic nitrogens is 1. The number of likely N-dealkylation sites (tertiary alicyclic amines) is 1. The summed E-state index contributed by atoms with van der Waals surface area (Å²) in [6, 6.07) is 6.30. The lowest BCUT2D eigenvalue weighted by Crippen LogP contribution is -2.40. The Labute approximate surface area is 223 Å². The predicted octanol–water partition coefficient (Wildman–Crippen LogP) is 6.16. The van der Waals surface area contributed by atoms with Gasteiger partial charge in [-0.2, -0.15) is 0 Å². The second kappa shape index (κ2) is 11.5. The summed E-state index contributed by atoms with van der Waals surface area (Å²) in [6.07, 6.45) is 9.03. The van der Waals surface area contributed by atoms with E-state index in [2.05, 4.69) is 44.0 Å². The number of amides is 2. The molecule has 5 nitrogen and oxygen atoms in total. The van der Waals surface area contributed by atoms with Crippen molar-refractivity contribution in [2.75, 3.05) is 13.1 Å². The number of fused-ring (bicyclic) bond motifs is 2. The highest BCUT2D eigenvalue weighted by Gasteiger charge is 2.36. The molecule has 2 aromatic rings. The summed E-state index contributed by atoms with van der Waals surface area (Å²) in [5.74, 6) is 0.527. The molecular formula is C26H30Br2ClN3O2. The second-order valence-corrected chi connectivity index (χ2v) is 11.6. The number of piperidine rings is 1. The van der Waals surface area contributed by atoms with E-state index < -0.39 is 0 Å². The maximum absolute atomic E-state index is 12.8. The number of benzene rings is 1. The van der Waals surface area contributed by atoms with Crippen LogP contribution in [0.2, 0.25) is 5.02 Å². The Kier molecular flexibility index (Phi) is 8.70. The van der Waals surface area contributed by atoms with E-state index in [4.69, 9.17) is 22.3 Å². The van der Waals surface area contributed by atoms with Crippen molar-refractivity contribution in [1.29, 1.82) is 0 Å². The molecule has 0 spiro atoms. The minimum atomic E-state index is -0.272. The molecule has 1 atom stereocenters. The van der Waals surface area contributed by atoms with Crippen molar-refractivity contribution in [1.82, 2.24) is 9.88 Å². The van der Waals surface area contributed by atoms with Gasteiger partial charge in [0.05, 0.1) is 5.69 Å². The molecule has 0 saturated carbocycles. The van der Waals surface area contributed by atoms with Gasteiger partial charge < -0.3 is 10.6 Å². The van der Waals surface area contributed by atoms with Crippen LogP contribution in [0.3, 0.4) is 0 Å². The number of primary amides is 1. The standard InChI is InChI=1S/C26H30Br2ClN3O2/c27-19-12-18-7-6-17-13-20(29)14-21(28)24(17)25(26(18)31-15-19)16-8-10-32(11-9-16)23(34)5-3-1-2-4-22(30)33/h12-16,25H,1-11H2,(H2,30,33)/t25-/m1/s1. The average molecular weight is 612 g/mol. The first kappa shape index (κ1) is 25.6. The molecule has 0 bridgehead atoms. The highest BCUT2D eigenvalue weighted by atomic mass is 79.9. The van der Waals surface area contributed by atoms with Crippen LogP contribution in [0.25, 0.3) is 0 Å². The zero-order chi connectivity index (χ0) is 24.2. The van der Waals surface area contributed by atoms with E-state index in [9.17, 15) is 9.59 Å². The van der Waals surface area contributed by atoms with E-state index in [0.717, 1.165) is 77.7 Å². The summed E-state index contributed by atoms with van der Waals surface area (Å²) in [5, 5.41) is 0.751. The third-order valence-electron chi connectivity index (χ3n) is 7.09. The predicted molar refractivity (Wildman–Crippen MR) is 142 cm³/mol. The summed E-state index contributed by atoms with van der Waals surface area (Å²) in [4.78, 5) is 30.5. The van der Waals surface area contributed by atoms with Gasteiger partial charge in [0.2, 0.25) is 11.8 Å². The summed E-state index contributed by atoms with van der Waals surface area (Å²) < 4.78 is 2.05. The van der Waals surface area contributed by atoms with Gasteiger partial charge in [0, 0.05) is 52.0 Å². The average Bonchev–Trinajstić information content (AvgIpc) is 2.95. The van der Waals surface area contributed by atoms with E-state index in [1.165, 1.54) is 16.7 Å². The molecule has 0 unspecified atom stereocenters. The van der Waals surface area contributed by atoms with Crippen LogP contribution in [0.1, 0.15) is 73.2 Å². The highest BCUT2D eigenvalue weighted by molar-refractivity contribution is 9.10. The van der Waals surface area contributed by atoms with Crippen LogP contribution in [0, 0.1) is 5.92 Å². The van der Waals surface area contributed by atoms with Gasteiger partial charge in [-0.15, -0.1) is 0 Å². The lowest BCUT2D eigenvalue weighted by Gasteiger charge is -2.37. The first-order valence-corrected chi connectivity index (χ1v) is 14.0. The van der Waals surface area contributed by atoms with Crippen molar-refractivity contribution in [3.8, 4) is 0 Å². The Morgan fingerprint density at radius 1 is 1.03 bits per heavy atom. The van der Waals surface area contributed by atoms with E-state index in [1.54, 1.807) is 0 Å². The van der Waals surface area contributed by atoms with Gasteiger partial charge in [-0.3, -0.25) is 14.6 Å². The molecule has 0 radical (unpaired) electrons. The zero-order valence-electron chi connectivity index (χ0n) is 19.2. The molecule has 182 valence electrons. The normalized spacial score (nSPS) is 18.2. The van der Waals surface area contributed by atoms with Crippen LogP contribution >= 0.6 is 43.5 Å². The molecule has 1 aromatic carbocycles. The van der Waals surface area contributed by atoms with Crippen LogP contribution in [-0.4, -0.2) is 34.8 Å². The van der Waals surface area contributed by atoms with Crippen molar-refractivity contribution in [2.24, 2.45) is 11.7 Å². The number of pyridine rings is 1. The topological polar surface area (TPSA) is 76.3 Å². The number of nitrogens with zero attached hydrogens (tertiary/aromatic N) is 2. The van der Waals surface area contributed by atoms with Crippen molar-refractivity contribution in [3.63, 3.8) is 0 Å². The van der Waals surface area contributed by atoms with Gasteiger partial charge in [0.15, 0.2) is 0 Å². The highest BCUT2D eigenvalue weighted by Crippen LogP contribution is 2.46. The molecule has 1 aromatic heterocycles. The largest absolute Gasteiger partial charge is 0.370 e. The van der Waals surface area contributed by atoms with Crippen LogP contribution in [-0.2, 0) is 22.4 Å². The van der Waals surface area contributed by atoms with Crippen molar-refractivity contribution in [2.45, 2.75) is 63.7 Å². The summed E-state index contributed by atoms with van der Waals surface area (Å²) in [7, 11) is 0. The maximum atomic E-state index is 12.8. The van der Waals surface area contributed by atoms with Crippen molar-refractivity contribution >= 4 is 55.3 Å². The van der Waals surface area contributed by atoms with Crippen molar-refractivity contribution in [3.05, 3.63) is 60.7 Å². The Balaban J connectivity index is 1.48. The number of nitrogens with two attached hydrogens (primary N) is 1. The number of carbonyl (C=O) groups is 2. The van der Waals surface area contributed by atoms with E-state index in [-0.39, 0.29) is 17.7 Å². The smallest absolute Gasteiger partial charge is 0.222 e. The van der Waals surface area contributed by atoms with Crippen molar-refractivity contribution < 1.29 is 9.59 Å². The third kappa shape index (κ3) is 6.03. The molecule has 8 heteroatoms. The number of rotatable bonds is 7. The Morgan fingerprint density at radius 2 is 1.74 bits per heavy atom. The summed E-state index contributed by atoms with van der Waals surface area (Å²) in [6.45, 7) is 1.54. The monoisotopic (exact) mass is 609 g/mol. The Hall–Kier alpha value is -1.44. The first-order valence-electron chi connectivity index (χ1n) is 12.0. The molecular weight excluding hydrogens is 582 g/mol. The molecule has 2 heterocycles. The number of halogens is 3. The fourth-order valence-corrected chi connectivity index (χ4v) is 6.92. The summed E-state index contributed by atoms with van der Waals surface area (Å²) >= 11 is 13.8. The first-order chi connectivity index (χ1) is 16.3. The van der Waals surface area contributed by atoms with E-state index >= 15 is 0 Å². The van der Waals surface area contributed by atoms with Gasteiger partial charge in [-0.1, -0.05) is 34.0 Å². The Bertz CT molecular complexity index is 1070. The van der Waals surface area contributed by atoms with E-state index in [1.807, 2.05) is 17.2 Å². The number of unbranched alkanes of at least 4 members (excludes halogenated alkanes) is 2. The second-order valence-electron chi connectivity index (χ2n) is 9.38. The molecule has 1 aliphatic carbocycles. The SMILES string of the molecule is NC(=O)CCCCCC(=O)N1CCC([C@H]2c3ncc(Br)cc3CCc3cc(Cl)cc(Br)c32)CC1. The lowest BCUT2D eigenvalue weighted by atomic mass is 9.76. The number of hydrogen-bond acceptors (Lipinski definition) is 3. The van der Waals surface area contributed by atoms with Gasteiger partial charge >= 0.3 is 0 Å². The number of carbonyl (C=O) groups excluding carboxylic acids is 2. The molecule has 1 saturated heterocycles. The minimum absolute atomic E-state index is 0.179. The molecule has 2 aliphatic rings. The zero-order valence-corrected chi connectivity index (χ0v) is 23.1. The minimum Gasteiger partial charge on any atom is -0.370 e. The van der Waals surface area contributed by atoms with Crippen LogP contribution in [0.15, 0.2) is 33.3 Å². The molecule has 4 rings (SSSR count). The fourth-order valence-electron chi connectivity index (χ4n) is 5.42. The number of hydrogen-bond donors (Lipinski definition) is 1. The number of aryl methyl sites for hydroxylation is 2. The van der Waals surface area contributed by atoms with Gasteiger partial charge in [0.25, 0.3) is 0 Å². The lowest BCUT2D eigenvalue weighted by molar-refractivity contribution is -0.132. The van der Waals surface area contributed by atoms with Crippen LogP contribution in [0.4, 0.5) is 0 Å². The Morgan fingerprint density at radius 3 is 2.47 bits per heavy atom. The fraction of sp³-hybridized carbons (Fsp3) is 0.500. The van der Waals surface area contributed by atoms with E-state index in [0.29, 0.717) is 18.8 Å². The molecule has 34 heavy (non-hydrogen) atoms. The van der Waals surface area contributed by atoms with Gasteiger partial charge in [-0.05, 0) is 95.3 Å². The van der Waals surface area contributed by atoms with Crippen LogP contribution in [0.5, 0.6) is 0 Å². The molecule has 2 N–H and O–H groups in total. The molecule has 2 amide bonds. The summed E-state index contributed by atoms with van der Waals surface area (Å²) in [5.41, 5.74) is 10.2. The van der Waals surface area contributed by atoms with Gasteiger partial charge in [-0.25, -0.2) is 0 Å². The maximum Gasteiger partial charge on any atom is 0.222 e. The molecule has 1 fully saturated rings. The third-order valence-corrected chi connectivity index (χ3v) is 8.40. The van der Waals surface area contributed by atoms with Gasteiger partial charge in [0.1, 0.15) is 0 Å². The van der Waals surface area contributed by atoms with Crippen LogP contribution < -0.4 is 5.73 Å².